The van der Waals surface area contributed by atoms with Crippen LogP contribution in [0, 0.1) is 5.92 Å². The van der Waals surface area contributed by atoms with Crippen molar-refractivity contribution < 1.29 is 4.79 Å². The van der Waals surface area contributed by atoms with Gasteiger partial charge in [0.2, 0.25) is 5.91 Å². The third kappa shape index (κ3) is 4.88. The van der Waals surface area contributed by atoms with Crippen LogP contribution in [0.2, 0.25) is 0 Å². The first-order valence-electron chi connectivity index (χ1n) is 6.71. The molecule has 1 rings (SSSR count). The van der Waals surface area contributed by atoms with Gasteiger partial charge in [0.15, 0.2) is 0 Å². The molecule has 0 saturated heterocycles. The van der Waals surface area contributed by atoms with Crippen LogP contribution < -0.4 is 11.1 Å². The molecule has 0 aliphatic rings. The summed E-state index contributed by atoms with van der Waals surface area (Å²) in [4.78, 5) is 11.9. The first-order valence-corrected chi connectivity index (χ1v) is 6.71. The van der Waals surface area contributed by atoms with Crippen LogP contribution in [0.25, 0.3) is 0 Å². The van der Waals surface area contributed by atoms with E-state index < -0.39 is 0 Å². The normalized spacial score (nSPS) is 13.9. The molecular weight excluding hydrogens is 224 g/mol. The van der Waals surface area contributed by atoms with Crippen LogP contribution in [0.4, 0.5) is 0 Å². The van der Waals surface area contributed by atoms with Gasteiger partial charge in [-0.1, -0.05) is 43.7 Å². The van der Waals surface area contributed by atoms with Crippen LogP contribution in [-0.2, 0) is 4.79 Å². The van der Waals surface area contributed by atoms with Gasteiger partial charge in [0.1, 0.15) is 0 Å². The summed E-state index contributed by atoms with van der Waals surface area (Å²) in [5.41, 5.74) is 6.80. The van der Waals surface area contributed by atoms with Crippen LogP contribution in [0.5, 0.6) is 0 Å². The molecule has 100 valence electrons. The Balaban J connectivity index is 2.44. The molecule has 1 aromatic carbocycles. The molecule has 0 unspecified atom stereocenters. The fraction of sp³-hybridized carbons (Fsp3) is 0.533. The molecule has 18 heavy (non-hydrogen) atoms. The van der Waals surface area contributed by atoms with Gasteiger partial charge in [-0.3, -0.25) is 4.79 Å². The lowest BCUT2D eigenvalue weighted by molar-refractivity contribution is -0.122. The number of hydrogen-bond donors (Lipinski definition) is 2. The van der Waals surface area contributed by atoms with E-state index in [1.807, 2.05) is 37.3 Å². The first-order chi connectivity index (χ1) is 8.67. The quantitative estimate of drug-likeness (QED) is 0.779. The predicted molar refractivity (Wildman–Crippen MR) is 75.1 cm³/mol. The van der Waals surface area contributed by atoms with Gasteiger partial charge in [-0.15, -0.1) is 0 Å². The van der Waals surface area contributed by atoms with Crippen LogP contribution in [0.3, 0.4) is 0 Å². The Morgan fingerprint density at radius 1 is 1.33 bits per heavy atom. The van der Waals surface area contributed by atoms with Gasteiger partial charge in [0.05, 0.1) is 6.04 Å². The highest BCUT2D eigenvalue weighted by atomic mass is 16.1. The lowest BCUT2D eigenvalue weighted by atomic mass is 9.99. The van der Waals surface area contributed by atoms with Crippen molar-refractivity contribution >= 4 is 5.91 Å². The topological polar surface area (TPSA) is 55.1 Å². The van der Waals surface area contributed by atoms with Crippen molar-refractivity contribution in [2.75, 3.05) is 6.54 Å². The fourth-order valence-corrected chi connectivity index (χ4v) is 2.10. The maximum Gasteiger partial charge on any atom is 0.220 e. The predicted octanol–water partition coefficient (Wildman–Crippen LogP) is 2.63. The second-order valence-electron chi connectivity index (χ2n) is 4.79. The van der Waals surface area contributed by atoms with E-state index in [-0.39, 0.29) is 11.9 Å². The molecule has 3 nitrogen and oxygen atoms in total. The van der Waals surface area contributed by atoms with E-state index in [4.69, 9.17) is 5.73 Å². The zero-order valence-corrected chi connectivity index (χ0v) is 11.4. The third-order valence-corrected chi connectivity index (χ3v) is 3.18. The Labute approximate surface area is 110 Å². The van der Waals surface area contributed by atoms with Gasteiger partial charge < -0.3 is 11.1 Å². The van der Waals surface area contributed by atoms with Gasteiger partial charge in [0, 0.05) is 6.42 Å². The van der Waals surface area contributed by atoms with E-state index >= 15 is 0 Å². The molecule has 0 heterocycles. The maximum atomic E-state index is 11.9. The van der Waals surface area contributed by atoms with Gasteiger partial charge >= 0.3 is 0 Å². The zero-order valence-electron chi connectivity index (χ0n) is 11.4. The zero-order chi connectivity index (χ0) is 13.4. The number of rotatable bonds is 7. The van der Waals surface area contributed by atoms with E-state index in [9.17, 15) is 4.79 Å². The fourth-order valence-electron chi connectivity index (χ4n) is 2.10. The third-order valence-electron chi connectivity index (χ3n) is 3.18. The van der Waals surface area contributed by atoms with Gasteiger partial charge in [0.25, 0.3) is 0 Å². The molecule has 3 N–H and O–H groups in total. The average Bonchev–Trinajstić information content (AvgIpc) is 2.39. The molecule has 3 heteroatoms. The highest BCUT2D eigenvalue weighted by molar-refractivity contribution is 5.76. The Morgan fingerprint density at radius 2 is 2.00 bits per heavy atom. The Morgan fingerprint density at radius 3 is 2.56 bits per heavy atom. The van der Waals surface area contributed by atoms with Crippen LogP contribution in [0.15, 0.2) is 30.3 Å². The smallest absolute Gasteiger partial charge is 0.220 e. The highest BCUT2D eigenvalue weighted by Gasteiger charge is 2.14. The van der Waals surface area contributed by atoms with E-state index in [0.717, 1.165) is 18.4 Å². The van der Waals surface area contributed by atoms with Crippen molar-refractivity contribution in [2.45, 2.75) is 39.2 Å². The molecule has 0 radical (unpaired) electrons. The number of amides is 1. The lowest BCUT2D eigenvalue weighted by Crippen LogP contribution is -2.30. The van der Waals surface area contributed by atoms with Crippen molar-refractivity contribution in [1.29, 1.82) is 0 Å². The lowest BCUT2D eigenvalue weighted by Gasteiger charge is -2.17. The second-order valence-corrected chi connectivity index (χ2v) is 4.79. The van der Waals surface area contributed by atoms with Crippen LogP contribution in [-0.4, -0.2) is 12.5 Å². The number of hydrogen-bond acceptors (Lipinski definition) is 2. The summed E-state index contributed by atoms with van der Waals surface area (Å²) in [5.74, 6) is 0.397. The number of nitrogens with two attached hydrogens (primary N) is 1. The first kappa shape index (κ1) is 14.7. The monoisotopic (exact) mass is 248 g/mol. The van der Waals surface area contributed by atoms with Gasteiger partial charge in [-0.05, 0) is 31.4 Å². The summed E-state index contributed by atoms with van der Waals surface area (Å²) in [6.07, 6.45) is 2.62. The Kier molecular flexibility index (Phi) is 6.44. The van der Waals surface area contributed by atoms with Crippen molar-refractivity contribution in [3.8, 4) is 0 Å². The number of carbonyl (C=O) groups excluding carboxylic acids is 1. The van der Waals surface area contributed by atoms with Crippen LogP contribution >= 0.6 is 0 Å². The molecule has 0 spiro atoms. The molecule has 1 aromatic rings. The molecule has 1 amide bonds. The summed E-state index contributed by atoms with van der Waals surface area (Å²) in [5, 5.41) is 3.02. The molecule has 0 saturated carbocycles. The molecule has 0 bridgehead atoms. The standard InChI is InChI=1S/C15H24N2O/c1-3-7-13(11-16)10-15(18)17-12(2)14-8-5-4-6-9-14/h4-6,8-9,12-13H,3,7,10-11,16H2,1-2H3,(H,17,18)/t12-,13+/m0/s1. The number of carbonyl (C=O) groups is 1. The summed E-state index contributed by atoms with van der Waals surface area (Å²) in [6, 6.07) is 10.0. The minimum atomic E-state index is 0.0544. The number of nitrogens with one attached hydrogen (secondary N) is 1. The van der Waals surface area contributed by atoms with Gasteiger partial charge in [-0.2, -0.15) is 0 Å². The van der Waals surface area contributed by atoms with E-state index in [2.05, 4.69) is 12.2 Å². The molecule has 0 aromatic heterocycles. The summed E-state index contributed by atoms with van der Waals surface area (Å²) >= 11 is 0. The van der Waals surface area contributed by atoms with Gasteiger partial charge in [-0.25, -0.2) is 0 Å². The highest BCUT2D eigenvalue weighted by Crippen LogP contribution is 2.14. The molecular formula is C15H24N2O. The molecule has 2 atom stereocenters. The Hall–Kier alpha value is -1.35. The molecule has 0 aliphatic heterocycles. The largest absolute Gasteiger partial charge is 0.350 e. The second kappa shape index (κ2) is 7.88. The maximum absolute atomic E-state index is 11.9. The van der Waals surface area contributed by atoms with E-state index in [1.54, 1.807) is 0 Å². The summed E-state index contributed by atoms with van der Waals surface area (Å²) in [6.45, 7) is 4.71. The number of benzene rings is 1. The summed E-state index contributed by atoms with van der Waals surface area (Å²) < 4.78 is 0. The molecule has 0 fully saturated rings. The van der Waals surface area contributed by atoms with E-state index in [0.29, 0.717) is 18.9 Å². The Bertz CT molecular complexity index is 351. The minimum absolute atomic E-state index is 0.0544. The van der Waals surface area contributed by atoms with Crippen LogP contribution in [0.1, 0.15) is 44.7 Å². The van der Waals surface area contributed by atoms with Crippen molar-refractivity contribution in [1.82, 2.24) is 5.32 Å². The molecule has 0 aliphatic carbocycles. The van der Waals surface area contributed by atoms with Crippen molar-refractivity contribution in [3.63, 3.8) is 0 Å². The SMILES string of the molecule is CCC[C@@H](CN)CC(=O)N[C@@H](C)c1ccccc1. The van der Waals surface area contributed by atoms with Crippen molar-refractivity contribution in [3.05, 3.63) is 35.9 Å². The minimum Gasteiger partial charge on any atom is -0.350 e. The van der Waals surface area contributed by atoms with E-state index in [1.165, 1.54) is 0 Å². The summed E-state index contributed by atoms with van der Waals surface area (Å²) in [7, 11) is 0. The average molecular weight is 248 g/mol. The van der Waals surface area contributed by atoms with Crippen molar-refractivity contribution in [2.24, 2.45) is 11.7 Å².